The number of thiophene rings is 1. The minimum absolute atomic E-state index is 0.00971. The van der Waals surface area contributed by atoms with Crippen LogP contribution in [-0.4, -0.2) is 25.2 Å². The molecule has 4 rings (SSSR count). The van der Waals surface area contributed by atoms with E-state index in [9.17, 15) is 4.79 Å². The molecule has 2 atom stereocenters. The van der Waals surface area contributed by atoms with Gasteiger partial charge in [-0.2, -0.15) is 0 Å². The molecule has 1 aromatic carbocycles. The van der Waals surface area contributed by atoms with Gasteiger partial charge in [0.1, 0.15) is 12.7 Å². The molecule has 2 aliphatic rings. The highest BCUT2D eigenvalue weighted by molar-refractivity contribution is 7.14. The van der Waals surface area contributed by atoms with Gasteiger partial charge in [0.25, 0.3) is 5.91 Å². The highest BCUT2D eigenvalue weighted by Crippen LogP contribution is 2.32. The summed E-state index contributed by atoms with van der Waals surface area (Å²) in [5, 5.41) is 2.99. The molecule has 0 spiro atoms. The van der Waals surface area contributed by atoms with Crippen LogP contribution in [0.2, 0.25) is 0 Å². The van der Waals surface area contributed by atoms with Crippen LogP contribution < -0.4 is 14.8 Å². The molecule has 0 fully saturated rings. The summed E-state index contributed by atoms with van der Waals surface area (Å²) in [6.07, 6.45) is 3.26. The van der Waals surface area contributed by atoms with E-state index in [1.165, 1.54) is 16.9 Å². The van der Waals surface area contributed by atoms with E-state index in [4.69, 9.17) is 9.47 Å². The summed E-state index contributed by atoms with van der Waals surface area (Å²) >= 11 is 1.64. The normalized spacial score (nSPS) is 21.9. The quantitative estimate of drug-likeness (QED) is 0.929. The number of benzene rings is 1. The van der Waals surface area contributed by atoms with Crippen LogP contribution in [0.1, 0.15) is 33.5 Å². The highest BCUT2D eigenvalue weighted by atomic mass is 32.1. The Balaban J connectivity index is 1.36. The van der Waals surface area contributed by atoms with Crippen molar-refractivity contribution in [2.24, 2.45) is 5.92 Å². The third kappa shape index (κ3) is 3.13. The van der Waals surface area contributed by atoms with Crippen molar-refractivity contribution in [2.75, 3.05) is 13.2 Å². The summed E-state index contributed by atoms with van der Waals surface area (Å²) in [7, 11) is 0. The lowest BCUT2D eigenvalue weighted by Crippen LogP contribution is -2.40. The van der Waals surface area contributed by atoms with Gasteiger partial charge in [0.2, 0.25) is 0 Å². The van der Waals surface area contributed by atoms with Crippen LogP contribution in [-0.2, 0) is 12.8 Å². The molecule has 0 unspecified atom stereocenters. The zero-order chi connectivity index (χ0) is 16.5. The Morgan fingerprint density at radius 3 is 3.04 bits per heavy atom. The van der Waals surface area contributed by atoms with Crippen LogP contribution >= 0.6 is 11.3 Å². The molecule has 1 aliphatic carbocycles. The predicted octanol–water partition coefficient (Wildman–Crippen LogP) is 3.44. The number of amides is 1. The van der Waals surface area contributed by atoms with Crippen LogP contribution in [0.4, 0.5) is 0 Å². The van der Waals surface area contributed by atoms with E-state index in [0.717, 1.165) is 35.1 Å². The Hall–Kier alpha value is -2.01. The number of carbonyl (C=O) groups excluding carboxylic acids is 1. The lowest BCUT2D eigenvalue weighted by Gasteiger charge is -2.26. The Morgan fingerprint density at radius 1 is 1.33 bits per heavy atom. The molecule has 1 aromatic heterocycles. The Kier molecular flexibility index (Phi) is 4.19. The topological polar surface area (TPSA) is 47.6 Å². The maximum Gasteiger partial charge on any atom is 0.261 e. The molecule has 2 heterocycles. The number of ether oxygens (including phenoxy) is 2. The van der Waals surface area contributed by atoms with Gasteiger partial charge in [0.15, 0.2) is 11.5 Å². The Morgan fingerprint density at radius 2 is 2.17 bits per heavy atom. The first kappa shape index (κ1) is 15.5. The zero-order valence-corrected chi connectivity index (χ0v) is 14.5. The summed E-state index contributed by atoms with van der Waals surface area (Å²) < 4.78 is 11.6. The minimum Gasteiger partial charge on any atom is -0.486 e. The number of nitrogens with one attached hydrogen (secondary N) is 1. The Labute approximate surface area is 145 Å². The van der Waals surface area contributed by atoms with Gasteiger partial charge >= 0.3 is 0 Å². The summed E-state index contributed by atoms with van der Waals surface area (Å²) in [4.78, 5) is 14.6. The van der Waals surface area contributed by atoms with E-state index in [0.29, 0.717) is 13.2 Å². The van der Waals surface area contributed by atoms with Crippen LogP contribution in [0, 0.1) is 5.92 Å². The summed E-state index contributed by atoms with van der Waals surface area (Å²) in [5.41, 5.74) is 1.36. The molecule has 24 heavy (non-hydrogen) atoms. The maximum absolute atomic E-state index is 12.4. The van der Waals surface area contributed by atoms with Crippen molar-refractivity contribution in [1.29, 1.82) is 0 Å². The number of para-hydroxylation sites is 2. The van der Waals surface area contributed by atoms with Gasteiger partial charge in [-0.25, -0.2) is 0 Å². The fourth-order valence-corrected chi connectivity index (χ4v) is 4.40. The third-order valence-corrected chi connectivity index (χ3v) is 5.85. The van der Waals surface area contributed by atoms with Gasteiger partial charge in [-0.3, -0.25) is 4.79 Å². The molecule has 0 radical (unpaired) electrons. The maximum atomic E-state index is 12.4. The predicted molar refractivity (Wildman–Crippen MR) is 94.2 cm³/mol. The number of hydrogen-bond donors (Lipinski definition) is 1. The number of rotatable bonds is 3. The summed E-state index contributed by atoms with van der Waals surface area (Å²) in [5.74, 6) is 2.21. The SMILES string of the molecule is C[C@@H]1CCc2sc(C(=O)NC[C@H]3COc4ccccc4O3)cc2C1. The van der Waals surface area contributed by atoms with Crippen LogP contribution in [0.3, 0.4) is 0 Å². The first-order valence-electron chi connectivity index (χ1n) is 8.47. The first-order chi connectivity index (χ1) is 11.7. The lowest BCUT2D eigenvalue weighted by molar-refractivity contribution is 0.0791. The standard InChI is InChI=1S/C19H21NO3S/c1-12-6-7-17-13(8-12)9-18(24-17)19(21)20-10-14-11-22-15-4-2-3-5-16(15)23-14/h2-5,9,12,14H,6-8,10-11H2,1H3,(H,20,21)/t12-,14+/m1/s1. The van der Waals surface area contributed by atoms with E-state index in [2.05, 4.69) is 18.3 Å². The summed E-state index contributed by atoms with van der Waals surface area (Å²) in [6, 6.07) is 9.68. The van der Waals surface area contributed by atoms with Crippen molar-refractivity contribution in [1.82, 2.24) is 5.32 Å². The van der Waals surface area contributed by atoms with Crippen LogP contribution in [0.25, 0.3) is 0 Å². The van der Waals surface area contributed by atoms with Crippen LogP contribution in [0.5, 0.6) is 11.5 Å². The van der Waals surface area contributed by atoms with Gasteiger partial charge in [-0.15, -0.1) is 11.3 Å². The van der Waals surface area contributed by atoms with Gasteiger partial charge in [0, 0.05) is 4.88 Å². The molecule has 126 valence electrons. The van der Waals surface area contributed by atoms with Crippen LogP contribution in [0.15, 0.2) is 30.3 Å². The number of carbonyl (C=O) groups is 1. The van der Waals surface area contributed by atoms with Crippen molar-refractivity contribution in [3.8, 4) is 11.5 Å². The largest absolute Gasteiger partial charge is 0.486 e. The molecule has 2 aromatic rings. The van der Waals surface area contributed by atoms with E-state index >= 15 is 0 Å². The van der Waals surface area contributed by atoms with Crippen molar-refractivity contribution in [3.63, 3.8) is 0 Å². The fourth-order valence-electron chi connectivity index (χ4n) is 3.28. The molecule has 1 amide bonds. The van der Waals surface area contributed by atoms with Gasteiger partial charge < -0.3 is 14.8 Å². The molecule has 1 aliphatic heterocycles. The lowest BCUT2D eigenvalue weighted by atomic mass is 9.90. The number of hydrogen-bond acceptors (Lipinski definition) is 4. The van der Waals surface area contributed by atoms with Crippen molar-refractivity contribution in [3.05, 3.63) is 45.6 Å². The molecule has 5 heteroatoms. The van der Waals surface area contributed by atoms with E-state index in [1.54, 1.807) is 11.3 Å². The van der Waals surface area contributed by atoms with Gasteiger partial charge in [-0.05, 0) is 48.9 Å². The van der Waals surface area contributed by atoms with Crippen molar-refractivity contribution < 1.29 is 14.3 Å². The molecular weight excluding hydrogens is 322 g/mol. The fraction of sp³-hybridized carbons (Fsp3) is 0.421. The highest BCUT2D eigenvalue weighted by Gasteiger charge is 2.23. The zero-order valence-electron chi connectivity index (χ0n) is 13.7. The second-order valence-corrected chi connectivity index (χ2v) is 7.75. The van der Waals surface area contributed by atoms with Gasteiger partial charge in [0.05, 0.1) is 11.4 Å². The second kappa shape index (κ2) is 6.48. The Bertz CT molecular complexity index is 755. The molecule has 0 bridgehead atoms. The minimum atomic E-state index is -0.154. The van der Waals surface area contributed by atoms with E-state index in [-0.39, 0.29) is 12.0 Å². The molecule has 4 nitrogen and oxygen atoms in total. The third-order valence-electron chi connectivity index (χ3n) is 4.61. The van der Waals surface area contributed by atoms with E-state index < -0.39 is 0 Å². The average Bonchev–Trinajstić information content (AvgIpc) is 3.02. The summed E-state index contributed by atoms with van der Waals surface area (Å²) in [6.45, 7) is 3.18. The van der Waals surface area contributed by atoms with E-state index in [1.807, 2.05) is 24.3 Å². The van der Waals surface area contributed by atoms with Crippen molar-refractivity contribution in [2.45, 2.75) is 32.3 Å². The molecule has 0 saturated carbocycles. The first-order valence-corrected chi connectivity index (χ1v) is 9.29. The number of fused-ring (bicyclic) bond motifs is 2. The molecule has 0 saturated heterocycles. The molecule has 1 N–H and O–H groups in total. The average molecular weight is 343 g/mol. The van der Waals surface area contributed by atoms with Gasteiger partial charge in [-0.1, -0.05) is 19.1 Å². The smallest absolute Gasteiger partial charge is 0.261 e. The molecular formula is C19H21NO3S. The van der Waals surface area contributed by atoms with Crippen molar-refractivity contribution >= 4 is 17.2 Å². The second-order valence-electron chi connectivity index (χ2n) is 6.61. The number of aryl methyl sites for hydroxylation is 1. The monoisotopic (exact) mass is 343 g/mol.